The van der Waals surface area contributed by atoms with Crippen LogP contribution in [0.1, 0.15) is 23.6 Å². The Bertz CT molecular complexity index is 1840. The maximum Gasteiger partial charge on any atom is 0.246 e. The fraction of sp³-hybridized carbons (Fsp3) is 0.324. The van der Waals surface area contributed by atoms with Gasteiger partial charge in [0.1, 0.15) is 17.7 Å². The van der Waals surface area contributed by atoms with Gasteiger partial charge in [-0.05, 0) is 87.5 Å². The maximum absolute atomic E-state index is 12.7. The van der Waals surface area contributed by atoms with Crippen LogP contribution in [0.3, 0.4) is 0 Å². The normalized spacial score (nSPS) is 15.6. The number of hydrogen-bond donors (Lipinski definition) is 1. The SMILES string of the molecule is Cc1cc(Nc2ncnc3ccc(N4CCN(C(=O)/C=C/CN(C)C)CC4C)nc23)ccc1Cc1ccc2c(c1)ncn2C. The maximum atomic E-state index is 12.7. The number of hydrogen-bond acceptors (Lipinski definition) is 8. The molecule has 10 heteroatoms. The Labute approximate surface area is 258 Å². The number of rotatable bonds is 8. The minimum Gasteiger partial charge on any atom is -0.350 e. The van der Waals surface area contributed by atoms with Crippen molar-refractivity contribution in [2.24, 2.45) is 7.05 Å². The van der Waals surface area contributed by atoms with Gasteiger partial charge in [-0.25, -0.2) is 19.9 Å². The molecule has 0 radical (unpaired) electrons. The Hall–Kier alpha value is -4.83. The van der Waals surface area contributed by atoms with Crippen molar-refractivity contribution < 1.29 is 4.79 Å². The lowest BCUT2D eigenvalue weighted by atomic mass is 9.99. The quantitative estimate of drug-likeness (QED) is 0.260. The summed E-state index contributed by atoms with van der Waals surface area (Å²) in [4.78, 5) is 37.4. The summed E-state index contributed by atoms with van der Waals surface area (Å²) >= 11 is 0. The van der Waals surface area contributed by atoms with E-state index in [4.69, 9.17) is 4.98 Å². The number of nitrogens with zero attached hydrogens (tertiary/aromatic N) is 8. The van der Waals surface area contributed by atoms with Gasteiger partial charge in [0.05, 0.1) is 22.9 Å². The standard InChI is InChI=1S/C34H39N9O/c1-23-17-27(10-9-26(23)18-25-8-12-30-29(19-25)37-22-41(30)5)38-34-33-28(35-21-36-34)11-13-31(39-33)43-16-15-42(20-24(43)2)32(44)7-6-14-40(3)4/h6-13,17,19,21-22,24H,14-16,18,20H2,1-5H3,(H,35,36,38)/b7-6+. The number of pyridine rings is 1. The Morgan fingerprint density at radius 1 is 1.05 bits per heavy atom. The molecule has 1 fully saturated rings. The molecule has 1 saturated heterocycles. The van der Waals surface area contributed by atoms with E-state index in [9.17, 15) is 4.79 Å². The number of nitrogens with one attached hydrogen (secondary N) is 1. The van der Waals surface area contributed by atoms with Crippen LogP contribution in [0.15, 0.2) is 73.3 Å². The average molecular weight is 590 g/mol. The predicted molar refractivity (Wildman–Crippen MR) is 176 cm³/mol. The molecule has 0 spiro atoms. The number of carbonyl (C=O) groups excluding carboxylic acids is 1. The van der Waals surface area contributed by atoms with Gasteiger partial charge < -0.3 is 24.6 Å². The molecule has 6 rings (SSSR count). The van der Waals surface area contributed by atoms with Crippen LogP contribution in [0.2, 0.25) is 0 Å². The highest BCUT2D eigenvalue weighted by atomic mass is 16.2. The van der Waals surface area contributed by atoms with Gasteiger partial charge in [0, 0.05) is 51.0 Å². The molecule has 1 N–H and O–H groups in total. The molecule has 1 amide bonds. The van der Waals surface area contributed by atoms with Crippen molar-refractivity contribution in [2.75, 3.05) is 50.5 Å². The largest absolute Gasteiger partial charge is 0.350 e. The number of likely N-dealkylation sites (N-methyl/N-ethyl adjacent to an activating group) is 1. The smallest absolute Gasteiger partial charge is 0.246 e. The van der Waals surface area contributed by atoms with Crippen LogP contribution in [-0.2, 0) is 18.3 Å². The molecule has 226 valence electrons. The number of carbonyl (C=O) groups is 1. The van der Waals surface area contributed by atoms with E-state index in [1.54, 1.807) is 12.4 Å². The van der Waals surface area contributed by atoms with Crippen molar-refractivity contribution in [1.82, 2.24) is 34.3 Å². The number of piperazine rings is 1. The molecule has 1 atom stereocenters. The summed E-state index contributed by atoms with van der Waals surface area (Å²) in [5.74, 6) is 1.58. The summed E-state index contributed by atoms with van der Waals surface area (Å²) in [5, 5.41) is 3.49. The topological polar surface area (TPSA) is 95.3 Å². The number of fused-ring (bicyclic) bond motifs is 2. The van der Waals surface area contributed by atoms with Crippen molar-refractivity contribution in [3.05, 3.63) is 90.0 Å². The summed E-state index contributed by atoms with van der Waals surface area (Å²) in [5.41, 5.74) is 8.28. The second-order valence-corrected chi connectivity index (χ2v) is 11.9. The van der Waals surface area contributed by atoms with Crippen molar-refractivity contribution >= 4 is 45.3 Å². The Kier molecular flexibility index (Phi) is 8.25. The van der Waals surface area contributed by atoms with E-state index in [0.717, 1.165) is 41.0 Å². The highest BCUT2D eigenvalue weighted by Crippen LogP contribution is 2.28. The lowest BCUT2D eigenvalue weighted by Crippen LogP contribution is -2.53. The Morgan fingerprint density at radius 2 is 1.91 bits per heavy atom. The molecule has 0 aliphatic carbocycles. The predicted octanol–water partition coefficient (Wildman–Crippen LogP) is 4.71. The highest BCUT2D eigenvalue weighted by Gasteiger charge is 2.27. The van der Waals surface area contributed by atoms with E-state index in [0.29, 0.717) is 31.0 Å². The number of aryl methyl sites for hydroxylation is 2. The molecule has 3 aromatic heterocycles. The van der Waals surface area contributed by atoms with Crippen molar-refractivity contribution in [3.63, 3.8) is 0 Å². The molecule has 1 unspecified atom stereocenters. The summed E-state index contributed by atoms with van der Waals surface area (Å²) in [6, 6.07) is 17.0. The molecule has 0 bridgehead atoms. The van der Waals surface area contributed by atoms with E-state index in [1.165, 1.54) is 16.7 Å². The van der Waals surface area contributed by atoms with E-state index in [1.807, 2.05) is 60.0 Å². The van der Waals surface area contributed by atoms with E-state index in [-0.39, 0.29) is 11.9 Å². The van der Waals surface area contributed by atoms with Crippen LogP contribution in [0, 0.1) is 6.92 Å². The van der Waals surface area contributed by atoms with E-state index in [2.05, 4.69) is 75.4 Å². The monoisotopic (exact) mass is 589 g/mol. The number of anilines is 3. The number of imidazole rings is 1. The molecule has 10 nitrogen and oxygen atoms in total. The van der Waals surface area contributed by atoms with Gasteiger partial charge in [0.25, 0.3) is 0 Å². The third kappa shape index (κ3) is 6.26. The molecular formula is C34H39N9O. The molecule has 5 aromatic rings. The summed E-state index contributed by atoms with van der Waals surface area (Å²) in [7, 11) is 5.99. The lowest BCUT2D eigenvalue weighted by Gasteiger charge is -2.40. The first-order valence-electron chi connectivity index (χ1n) is 15.0. The minimum atomic E-state index is 0.0558. The van der Waals surface area contributed by atoms with Gasteiger partial charge in [-0.2, -0.15) is 0 Å². The van der Waals surface area contributed by atoms with Gasteiger partial charge >= 0.3 is 0 Å². The zero-order valence-electron chi connectivity index (χ0n) is 26.0. The second kappa shape index (κ2) is 12.4. The first-order valence-corrected chi connectivity index (χ1v) is 15.0. The van der Waals surface area contributed by atoms with E-state index < -0.39 is 0 Å². The zero-order chi connectivity index (χ0) is 30.8. The Morgan fingerprint density at radius 3 is 2.70 bits per heavy atom. The first-order chi connectivity index (χ1) is 21.2. The van der Waals surface area contributed by atoms with Gasteiger partial charge in [-0.1, -0.05) is 18.2 Å². The Balaban J connectivity index is 1.17. The van der Waals surface area contributed by atoms with Gasteiger partial charge in [-0.15, -0.1) is 0 Å². The lowest BCUT2D eigenvalue weighted by molar-refractivity contribution is -0.126. The van der Waals surface area contributed by atoms with Crippen molar-refractivity contribution in [3.8, 4) is 0 Å². The molecule has 0 saturated carbocycles. The van der Waals surface area contributed by atoms with Crippen LogP contribution in [0.4, 0.5) is 17.3 Å². The van der Waals surface area contributed by atoms with Crippen LogP contribution in [-0.4, -0.2) is 86.5 Å². The molecule has 4 heterocycles. The van der Waals surface area contributed by atoms with Crippen molar-refractivity contribution in [2.45, 2.75) is 26.3 Å². The highest BCUT2D eigenvalue weighted by molar-refractivity contribution is 5.89. The number of amides is 1. The number of aromatic nitrogens is 5. The minimum absolute atomic E-state index is 0.0558. The summed E-state index contributed by atoms with van der Waals surface area (Å²) in [6.45, 7) is 7.01. The van der Waals surface area contributed by atoms with Crippen LogP contribution >= 0.6 is 0 Å². The third-order valence-electron chi connectivity index (χ3n) is 8.22. The molecule has 44 heavy (non-hydrogen) atoms. The van der Waals surface area contributed by atoms with Gasteiger partial charge in [0.2, 0.25) is 5.91 Å². The van der Waals surface area contributed by atoms with Crippen LogP contribution < -0.4 is 10.2 Å². The summed E-state index contributed by atoms with van der Waals surface area (Å²) in [6.07, 6.45) is 7.85. The third-order valence-corrected chi connectivity index (χ3v) is 8.22. The first kappa shape index (κ1) is 29.3. The van der Waals surface area contributed by atoms with Crippen molar-refractivity contribution in [1.29, 1.82) is 0 Å². The van der Waals surface area contributed by atoms with Gasteiger partial charge in [-0.3, -0.25) is 4.79 Å². The van der Waals surface area contributed by atoms with Crippen LogP contribution in [0.25, 0.3) is 22.1 Å². The van der Waals surface area contributed by atoms with Crippen LogP contribution in [0.5, 0.6) is 0 Å². The number of benzene rings is 2. The molecule has 2 aromatic carbocycles. The fourth-order valence-electron chi connectivity index (χ4n) is 5.77. The summed E-state index contributed by atoms with van der Waals surface area (Å²) < 4.78 is 2.04. The molecule has 1 aliphatic heterocycles. The zero-order valence-corrected chi connectivity index (χ0v) is 26.0. The fourth-order valence-corrected chi connectivity index (χ4v) is 5.77. The van der Waals surface area contributed by atoms with Gasteiger partial charge in [0.15, 0.2) is 5.82 Å². The molecular weight excluding hydrogens is 550 g/mol. The second-order valence-electron chi connectivity index (χ2n) is 11.9. The van der Waals surface area contributed by atoms with E-state index >= 15 is 0 Å². The molecule has 1 aliphatic rings. The average Bonchev–Trinajstić information content (AvgIpc) is 3.38.